The van der Waals surface area contributed by atoms with Gasteiger partial charge in [-0.2, -0.15) is 0 Å². The number of nitrogens with zero attached hydrogens (tertiary/aromatic N) is 2. The Morgan fingerprint density at radius 3 is 2.09 bits per heavy atom. The first-order chi connectivity index (χ1) is 16.3. The maximum absolute atomic E-state index is 12.9. The van der Waals surface area contributed by atoms with Gasteiger partial charge in [-0.15, -0.1) is 0 Å². The molecule has 1 aliphatic rings. The van der Waals surface area contributed by atoms with Crippen LogP contribution < -0.4 is 0 Å². The van der Waals surface area contributed by atoms with Crippen LogP contribution in [0.2, 0.25) is 0 Å². The third-order valence-electron chi connectivity index (χ3n) is 5.66. The van der Waals surface area contributed by atoms with Gasteiger partial charge >= 0.3 is 5.97 Å². The van der Waals surface area contributed by atoms with E-state index in [1.165, 1.54) is 30.0 Å². The molecular weight excluding hydrogens is 432 g/mol. The lowest BCUT2D eigenvalue weighted by Crippen LogP contribution is -2.37. The summed E-state index contributed by atoms with van der Waals surface area (Å²) in [6.45, 7) is 2.03. The average molecular weight is 456 g/mol. The molecule has 0 radical (unpaired) electrons. The molecule has 3 aromatic carbocycles. The summed E-state index contributed by atoms with van der Waals surface area (Å²) in [5.41, 5.74) is 2.27. The first kappa shape index (κ1) is 22.9. The van der Waals surface area contributed by atoms with Crippen LogP contribution in [0.4, 0.5) is 0 Å². The number of ether oxygens (including phenoxy) is 1. The fraction of sp³-hybridized carbons (Fsp3) is 0.185. The van der Waals surface area contributed by atoms with E-state index in [0.717, 1.165) is 16.0 Å². The van der Waals surface area contributed by atoms with Crippen LogP contribution in [0.15, 0.2) is 78.9 Å². The molecule has 172 valence electrons. The second-order valence-corrected chi connectivity index (χ2v) is 8.17. The SMILES string of the molecule is CC(OC(=O)c1ccc2c(c1)C(=O)N(Cc1ccccc1)C2=O)C(=O)N(C)Cc1ccccc1. The minimum atomic E-state index is -1.01. The van der Waals surface area contributed by atoms with E-state index in [0.29, 0.717) is 6.54 Å². The fourth-order valence-corrected chi connectivity index (χ4v) is 3.85. The maximum atomic E-state index is 12.9. The van der Waals surface area contributed by atoms with Gasteiger partial charge in [-0.3, -0.25) is 19.3 Å². The fourth-order valence-electron chi connectivity index (χ4n) is 3.85. The van der Waals surface area contributed by atoms with E-state index in [1.807, 2.05) is 60.7 Å². The number of esters is 1. The Hall–Kier alpha value is -4.26. The molecular formula is C27H24N2O5. The zero-order chi connectivity index (χ0) is 24.2. The topological polar surface area (TPSA) is 84.0 Å². The van der Waals surface area contributed by atoms with E-state index in [1.54, 1.807) is 7.05 Å². The maximum Gasteiger partial charge on any atom is 0.338 e. The number of imide groups is 1. The highest BCUT2D eigenvalue weighted by Gasteiger charge is 2.36. The van der Waals surface area contributed by atoms with Gasteiger partial charge in [0, 0.05) is 13.6 Å². The molecule has 3 amide bonds. The Morgan fingerprint density at radius 1 is 0.853 bits per heavy atom. The van der Waals surface area contributed by atoms with E-state index in [4.69, 9.17) is 4.74 Å². The smallest absolute Gasteiger partial charge is 0.338 e. The monoisotopic (exact) mass is 456 g/mol. The Bertz CT molecular complexity index is 1240. The molecule has 7 heteroatoms. The predicted molar refractivity (Wildman–Crippen MR) is 125 cm³/mol. The third kappa shape index (κ3) is 4.73. The van der Waals surface area contributed by atoms with Crippen molar-refractivity contribution in [2.24, 2.45) is 0 Å². The normalized spacial score (nSPS) is 13.4. The minimum Gasteiger partial charge on any atom is -0.449 e. The summed E-state index contributed by atoms with van der Waals surface area (Å²) in [4.78, 5) is 53.6. The second kappa shape index (κ2) is 9.70. The number of amides is 3. The van der Waals surface area contributed by atoms with Crippen LogP contribution in [0.3, 0.4) is 0 Å². The van der Waals surface area contributed by atoms with E-state index < -0.39 is 23.9 Å². The van der Waals surface area contributed by atoms with Crippen molar-refractivity contribution in [1.82, 2.24) is 9.80 Å². The number of hydrogen-bond acceptors (Lipinski definition) is 5. The van der Waals surface area contributed by atoms with Crippen molar-refractivity contribution in [1.29, 1.82) is 0 Å². The summed E-state index contributed by atoms with van der Waals surface area (Å²) in [5, 5.41) is 0. The largest absolute Gasteiger partial charge is 0.449 e. The van der Waals surface area contributed by atoms with Crippen LogP contribution in [0.5, 0.6) is 0 Å². The lowest BCUT2D eigenvalue weighted by Gasteiger charge is -2.21. The average Bonchev–Trinajstić information content (AvgIpc) is 3.09. The third-order valence-corrected chi connectivity index (χ3v) is 5.66. The van der Waals surface area contributed by atoms with Gasteiger partial charge in [-0.1, -0.05) is 60.7 Å². The molecule has 0 saturated heterocycles. The molecule has 1 aliphatic heterocycles. The summed E-state index contributed by atoms with van der Waals surface area (Å²) < 4.78 is 5.36. The van der Waals surface area contributed by atoms with Gasteiger partial charge in [0.05, 0.1) is 23.2 Å². The molecule has 34 heavy (non-hydrogen) atoms. The van der Waals surface area contributed by atoms with Gasteiger partial charge < -0.3 is 9.64 Å². The number of carbonyl (C=O) groups excluding carboxylic acids is 4. The van der Waals surface area contributed by atoms with Crippen LogP contribution >= 0.6 is 0 Å². The zero-order valence-corrected chi connectivity index (χ0v) is 18.9. The van der Waals surface area contributed by atoms with Crippen molar-refractivity contribution in [2.45, 2.75) is 26.1 Å². The van der Waals surface area contributed by atoms with Gasteiger partial charge in [-0.05, 0) is 36.2 Å². The predicted octanol–water partition coefficient (Wildman–Crippen LogP) is 3.69. The minimum absolute atomic E-state index is 0.104. The number of hydrogen-bond donors (Lipinski definition) is 0. The molecule has 0 bridgehead atoms. The highest BCUT2D eigenvalue weighted by molar-refractivity contribution is 6.21. The molecule has 0 N–H and O–H groups in total. The Balaban J connectivity index is 1.43. The molecule has 1 heterocycles. The molecule has 3 aromatic rings. The van der Waals surface area contributed by atoms with E-state index in [2.05, 4.69) is 0 Å². The molecule has 4 rings (SSSR count). The Labute approximate surface area is 197 Å². The summed E-state index contributed by atoms with van der Waals surface area (Å²) in [6.07, 6.45) is -1.01. The van der Waals surface area contributed by atoms with Crippen molar-refractivity contribution >= 4 is 23.7 Å². The molecule has 1 atom stereocenters. The molecule has 0 aromatic heterocycles. The lowest BCUT2D eigenvalue weighted by atomic mass is 10.1. The van der Waals surface area contributed by atoms with Crippen molar-refractivity contribution in [2.75, 3.05) is 7.05 Å². The number of rotatable bonds is 7. The van der Waals surface area contributed by atoms with E-state index in [9.17, 15) is 19.2 Å². The van der Waals surface area contributed by atoms with Crippen LogP contribution in [0.25, 0.3) is 0 Å². The van der Waals surface area contributed by atoms with Crippen LogP contribution in [-0.2, 0) is 22.6 Å². The highest BCUT2D eigenvalue weighted by atomic mass is 16.5. The van der Waals surface area contributed by atoms with Gasteiger partial charge in [0.15, 0.2) is 6.10 Å². The van der Waals surface area contributed by atoms with Gasteiger partial charge in [0.1, 0.15) is 0 Å². The Kier molecular flexibility index (Phi) is 6.54. The van der Waals surface area contributed by atoms with Gasteiger partial charge in [-0.25, -0.2) is 4.79 Å². The van der Waals surface area contributed by atoms with Crippen LogP contribution in [0, 0.1) is 0 Å². The number of fused-ring (bicyclic) bond motifs is 1. The van der Waals surface area contributed by atoms with Crippen LogP contribution in [0.1, 0.15) is 49.1 Å². The first-order valence-electron chi connectivity index (χ1n) is 10.9. The molecule has 7 nitrogen and oxygen atoms in total. The standard InChI is InChI=1S/C27H24N2O5/c1-18(24(30)28(2)16-19-9-5-3-6-10-19)34-27(33)21-13-14-22-23(15-21)26(32)29(25(22)31)17-20-11-7-4-8-12-20/h3-15,18H,16-17H2,1-2H3. The number of benzene rings is 3. The molecule has 0 fully saturated rings. The van der Waals surface area contributed by atoms with Crippen molar-refractivity contribution in [3.8, 4) is 0 Å². The quantitative estimate of drug-likeness (QED) is 0.400. The summed E-state index contributed by atoms with van der Waals surface area (Å²) in [5.74, 6) is -1.96. The van der Waals surface area contributed by atoms with E-state index in [-0.39, 0.29) is 29.1 Å². The number of likely N-dealkylation sites (N-methyl/N-ethyl adjacent to an activating group) is 1. The summed E-state index contributed by atoms with van der Waals surface area (Å²) in [6, 6.07) is 22.9. The number of carbonyl (C=O) groups is 4. The second-order valence-electron chi connectivity index (χ2n) is 8.17. The van der Waals surface area contributed by atoms with Crippen molar-refractivity contribution in [3.63, 3.8) is 0 Å². The van der Waals surface area contributed by atoms with Crippen molar-refractivity contribution < 1.29 is 23.9 Å². The first-order valence-corrected chi connectivity index (χ1v) is 10.9. The van der Waals surface area contributed by atoms with Crippen LogP contribution in [-0.4, -0.2) is 46.6 Å². The molecule has 0 saturated carbocycles. The van der Waals surface area contributed by atoms with Crippen molar-refractivity contribution in [3.05, 3.63) is 107 Å². The summed E-state index contributed by atoms with van der Waals surface area (Å²) in [7, 11) is 1.64. The van der Waals surface area contributed by atoms with Gasteiger partial charge in [0.2, 0.25) is 0 Å². The molecule has 0 aliphatic carbocycles. The molecule has 1 unspecified atom stereocenters. The summed E-state index contributed by atoms with van der Waals surface area (Å²) >= 11 is 0. The zero-order valence-electron chi connectivity index (χ0n) is 18.9. The molecule has 0 spiro atoms. The highest BCUT2D eigenvalue weighted by Crippen LogP contribution is 2.26. The van der Waals surface area contributed by atoms with E-state index >= 15 is 0 Å². The Morgan fingerprint density at radius 2 is 1.44 bits per heavy atom. The lowest BCUT2D eigenvalue weighted by molar-refractivity contribution is -0.139. The van der Waals surface area contributed by atoms with Gasteiger partial charge in [0.25, 0.3) is 17.7 Å².